The zero-order valence-corrected chi connectivity index (χ0v) is 13.8. The average Bonchev–Trinajstić information content (AvgIpc) is 2.43. The van der Waals surface area contributed by atoms with Crippen molar-refractivity contribution in [3.63, 3.8) is 0 Å². The van der Waals surface area contributed by atoms with Crippen molar-refractivity contribution in [2.75, 3.05) is 18.8 Å². The minimum atomic E-state index is -3.06. The number of fused-ring (bicyclic) bond motifs is 1. The molecular weight excluding hydrogens is 272 g/mol. The van der Waals surface area contributed by atoms with Crippen molar-refractivity contribution < 1.29 is 8.42 Å². The van der Waals surface area contributed by atoms with Gasteiger partial charge in [-0.25, -0.2) is 8.42 Å². The summed E-state index contributed by atoms with van der Waals surface area (Å²) in [7, 11) is -3.06. The Kier molecular flexibility index (Phi) is 5.87. The van der Waals surface area contributed by atoms with Gasteiger partial charge in [-0.05, 0) is 44.6 Å². The van der Waals surface area contributed by atoms with Crippen molar-refractivity contribution >= 4 is 10.0 Å². The van der Waals surface area contributed by atoms with Gasteiger partial charge in [0.25, 0.3) is 0 Å². The van der Waals surface area contributed by atoms with Crippen LogP contribution in [0.1, 0.15) is 58.8 Å². The number of nitrogens with one attached hydrogen (secondary N) is 1. The molecule has 0 amide bonds. The monoisotopic (exact) mass is 302 g/mol. The van der Waals surface area contributed by atoms with Crippen LogP contribution in [0.4, 0.5) is 0 Å². The Balaban J connectivity index is 1.90. The summed E-state index contributed by atoms with van der Waals surface area (Å²) in [5, 5.41) is 3.29. The molecule has 118 valence electrons. The van der Waals surface area contributed by atoms with Crippen LogP contribution >= 0.6 is 0 Å². The molecule has 1 aliphatic carbocycles. The molecule has 0 unspecified atom stereocenters. The zero-order chi connectivity index (χ0) is 14.6. The van der Waals surface area contributed by atoms with Gasteiger partial charge in [-0.1, -0.05) is 26.7 Å². The van der Waals surface area contributed by atoms with Gasteiger partial charge >= 0.3 is 0 Å². The van der Waals surface area contributed by atoms with Gasteiger partial charge in [-0.2, -0.15) is 4.31 Å². The summed E-state index contributed by atoms with van der Waals surface area (Å²) < 4.78 is 27.0. The molecule has 4 nitrogen and oxygen atoms in total. The minimum Gasteiger partial charge on any atom is -0.314 e. The van der Waals surface area contributed by atoms with Gasteiger partial charge in [0.1, 0.15) is 0 Å². The van der Waals surface area contributed by atoms with Crippen LogP contribution in [-0.2, 0) is 10.0 Å². The van der Waals surface area contributed by atoms with Crippen molar-refractivity contribution in [3.05, 3.63) is 0 Å². The van der Waals surface area contributed by atoms with Crippen molar-refractivity contribution in [2.45, 2.75) is 70.9 Å². The third kappa shape index (κ3) is 4.18. The normalized spacial score (nSPS) is 28.6. The van der Waals surface area contributed by atoms with E-state index >= 15 is 0 Å². The number of hydrogen-bond donors (Lipinski definition) is 1. The van der Waals surface area contributed by atoms with Gasteiger partial charge in [-0.3, -0.25) is 0 Å². The van der Waals surface area contributed by atoms with Crippen molar-refractivity contribution in [1.82, 2.24) is 9.62 Å². The van der Waals surface area contributed by atoms with Crippen LogP contribution in [0, 0.1) is 5.92 Å². The van der Waals surface area contributed by atoms with E-state index < -0.39 is 10.0 Å². The van der Waals surface area contributed by atoms with E-state index in [1.54, 1.807) is 0 Å². The molecule has 2 atom stereocenters. The smallest absolute Gasteiger partial charge is 0.214 e. The Morgan fingerprint density at radius 1 is 1.15 bits per heavy atom. The van der Waals surface area contributed by atoms with Crippen LogP contribution in [0.25, 0.3) is 0 Å². The van der Waals surface area contributed by atoms with Crippen LogP contribution in [0.5, 0.6) is 0 Å². The summed E-state index contributed by atoms with van der Waals surface area (Å²) >= 11 is 0. The summed E-state index contributed by atoms with van der Waals surface area (Å²) in [4.78, 5) is 0. The Bertz CT molecular complexity index is 393. The second kappa shape index (κ2) is 7.23. The Morgan fingerprint density at radius 2 is 1.85 bits per heavy atom. The maximum Gasteiger partial charge on any atom is 0.214 e. The predicted octanol–water partition coefficient (Wildman–Crippen LogP) is 2.36. The maximum atomic E-state index is 12.6. The van der Waals surface area contributed by atoms with Crippen LogP contribution in [0.3, 0.4) is 0 Å². The molecule has 0 bridgehead atoms. The molecule has 1 heterocycles. The van der Waals surface area contributed by atoms with Crippen LogP contribution in [-0.4, -0.2) is 43.6 Å². The summed E-state index contributed by atoms with van der Waals surface area (Å²) in [6.45, 7) is 5.72. The SMILES string of the molecule is CC(C)NCCCS(=O)(=O)N1CCC[C@H]2CCCC[C@H]21. The van der Waals surface area contributed by atoms with E-state index in [4.69, 9.17) is 0 Å². The van der Waals surface area contributed by atoms with E-state index in [9.17, 15) is 8.42 Å². The molecule has 0 aromatic rings. The fourth-order valence-electron chi connectivity index (χ4n) is 3.69. The molecule has 0 radical (unpaired) electrons. The van der Waals surface area contributed by atoms with Gasteiger partial charge in [0.2, 0.25) is 10.0 Å². The lowest BCUT2D eigenvalue weighted by Gasteiger charge is -2.43. The van der Waals surface area contributed by atoms with E-state index in [1.807, 2.05) is 4.31 Å². The topological polar surface area (TPSA) is 49.4 Å². The third-order valence-electron chi connectivity index (χ3n) is 4.68. The van der Waals surface area contributed by atoms with Gasteiger partial charge in [-0.15, -0.1) is 0 Å². The molecule has 1 aliphatic heterocycles. The largest absolute Gasteiger partial charge is 0.314 e. The molecule has 1 N–H and O–H groups in total. The fraction of sp³-hybridized carbons (Fsp3) is 1.00. The lowest BCUT2D eigenvalue weighted by Crippen LogP contribution is -2.50. The van der Waals surface area contributed by atoms with Gasteiger partial charge < -0.3 is 5.32 Å². The number of hydrogen-bond acceptors (Lipinski definition) is 3. The first-order valence-corrected chi connectivity index (χ1v) is 9.84. The van der Waals surface area contributed by atoms with Crippen LogP contribution < -0.4 is 5.32 Å². The molecule has 2 rings (SSSR count). The Morgan fingerprint density at radius 3 is 2.60 bits per heavy atom. The molecule has 1 saturated carbocycles. The number of nitrogens with zero attached hydrogens (tertiary/aromatic N) is 1. The fourth-order valence-corrected chi connectivity index (χ4v) is 5.53. The van der Waals surface area contributed by atoms with E-state index in [2.05, 4.69) is 19.2 Å². The molecule has 1 saturated heterocycles. The first kappa shape index (κ1) is 16.2. The highest BCUT2D eigenvalue weighted by Crippen LogP contribution is 2.36. The van der Waals surface area contributed by atoms with Crippen LogP contribution in [0.2, 0.25) is 0 Å². The first-order chi connectivity index (χ1) is 9.50. The van der Waals surface area contributed by atoms with Crippen molar-refractivity contribution in [1.29, 1.82) is 0 Å². The molecule has 20 heavy (non-hydrogen) atoms. The van der Waals surface area contributed by atoms with Gasteiger partial charge in [0.15, 0.2) is 0 Å². The summed E-state index contributed by atoms with van der Waals surface area (Å²) in [6.07, 6.45) is 7.78. The van der Waals surface area contributed by atoms with Gasteiger partial charge in [0.05, 0.1) is 5.75 Å². The molecule has 0 aromatic heterocycles. The molecule has 2 fully saturated rings. The highest BCUT2D eigenvalue weighted by Gasteiger charge is 2.38. The van der Waals surface area contributed by atoms with Gasteiger partial charge in [0, 0.05) is 18.6 Å². The lowest BCUT2D eigenvalue weighted by atomic mass is 9.79. The predicted molar refractivity (Wildman–Crippen MR) is 83.2 cm³/mol. The van der Waals surface area contributed by atoms with E-state index in [1.165, 1.54) is 25.7 Å². The summed E-state index contributed by atoms with van der Waals surface area (Å²) in [5.74, 6) is 0.928. The third-order valence-corrected chi connectivity index (χ3v) is 6.65. The standard InChI is InChI=1S/C15H30N2O2S/c1-13(2)16-10-6-12-20(18,19)17-11-5-8-14-7-3-4-9-15(14)17/h13-16H,3-12H2,1-2H3/t14-,15-/m1/s1. The Hall–Kier alpha value is -0.130. The minimum absolute atomic E-state index is 0.302. The molecule has 2 aliphatic rings. The number of piperidine rings is 1. The van der Waals surface area contributed by atoms with E-state index in [-0.39, 0.29) is 0 Å². The van der Waals surface area contributed by atoms with Crippen molar-refractivity contribution in [2.24, 2.45) is 5.92 Å². The highest BCUT2D eigenvalue weighted by molar-refractivity contribution is 7.89. The maximum absolute atomic E-state index is 12.6. The summed E-state index contributed by atoms with van der Waals surface area (Å²) in [5.41, 5.74) is 0. The average molecular weight is 302 g/mol. The molecule has 0 aromatic carbocycles. The molecule has 0 spiro atoms. The quantitative estimate of drug-likeness (QED) is 0.766. The van der Waals surface area contributed by atoms with Crippen LogP contribution in [0.15, 0.2) is 0 Å². The van der Waals surface area contributed by atoms with E-state index in [0.717, 1.165) is 25.9 Å². The summed E-state index contributed by atoms with van der Waals surface area (Å²) in [6, 6.07) is 0.732. The molecule has 5 heteroatoms. The number of sulfonamides is 1. The second-order valence-corrected chi connectivity index (χ2v) is 8.68. The van der Waals surface area contributed by atoms with Crippen molar-refractivity contribution in [3.8, 4) is 0 Å². The second-order valence-electron chi connectivity index (χ2n) is 6.64. The number of rotatable bonds is 6. The molecular formula is C15H30N2O2S. The first-order valence-electron chi connectivity index (χ1n) is 8.23. The zero-order valence-electron chi connectivity index (χ0n) is 13.0. The lowest BCUT2D eigenvalue weighted by molar-refractivity contribution is 0.129. The van der Waals surface area contributed by atoms with E-state index in [0.29, 0.717) is 30.2 Å². The highest BCUT2D eigenvalue weighted by atomic mass is 32.2. The Labute approximate surface area is 124 Å².